The molecule has 3 rings (SSSR count). The van der Waals surface area contributed by atoms with Crippen LogP contribution in [0.3, 0.4) is 0 Å². The molecule has 8 nitrogen and oxygen atoms in total. The molecule has 0 aromatic heterocycles. The zero-order valence-electron chi connectivity index (χ0n) is 15.3. The fraction of sp³-hybridized carbons (Fsp3) is 0.278. The molecule has 0 bridgehead atoms. The van der Waals surface area contributed by atoms with Crippen LogP contribution in [0.5, 0.6) is 11.5 Å². The number of nitrogens with two attached hydrogens (primary N) is 1. The predicted octanol–water partition coefficient (Wildman–Crippen LogP) is 1.94. The van der Waals surface area contributed by atoms with Crippen LogP contribution in [0, 0.1) is 0 Å². The van der Waals surface area contributed by atoms with Gasteiger partial charge in [0.15, 0.2) is 17.5 Å². The highest BCUT2D eigenvalue weighted by Crippen LogP contribution is 2.32. The van der Waals surface area contributed by atoms with Crippen molar-refractivity contribution in [1.29, 1.82) is 0 Å². The summed E-state index contributed by atoms with van der Waals surface area (Å²) >= 11 is 0. The monoisotopic (exact) mass is 518 g/mol. The van der Waals surface area contributed by atoms with Crippen LogP contribution in [0.25, 0.3) is 0 Å². The number of benzene rings is 2. The minimum absolute atomic E-state index is 0. The number of primary sulfonamides is 1. The molecule has 1 aliphatic rings. The van der Waals surface area contributed by atoms with Crippen molar-refractivity contribution < 1.29 is 17.9 Å². The Balaban J connectivity index is 0.00000280. The highest BCUT2D eigenvalue weighted by Gasteiger charge is 2.13. The summed E-state index contributed by atoms with van der Waals surface area (Å²) in [5.74, 6) is 2.10. The first kappa shape index (κ1) is 22.2. The first-order chi connectivity index (χ1) is 13.0. The molecule has 1 heterocycles. The van der Waals surface area contributed by atoms with Gasteiger partial charge in [-0.15, -0.1) is 24.0 Å². The fourth-order valence-corrected chi connectivity index (χ4v) is 3.15. The second-order valence-electron chi connectivity index (χ2n) is 5.93. The van der Waals surface area contributed by atoms with E-state index in [1.165, 1.54) is 12.1 Å². The van der Waals surface area contributed by atoms with Gasteiger partial charge in [-0.2, -0.15) is 0 Å². The number of hydrogen-bond donors (Lipinski definition) is 3. The molecule has 0 spiro atoms. The Morgan fingerprint density at radius 2 is 1.89 bits per heavy atom. The van der Waals surface area contributed by atoms with Crippen molar-refractivity contribution in [2.45, 2.75) is 24.9 Å². The number of sulfonamides is 1. The lowest BCUT2D eigenvalue weighted by Crippen LogP contribution is -2.36. The van der Waals surface area contributed by atoms with Gasteiger partial charge in [0.2, 0.25) is 16.8 Å². The quantitative estimate of drug-likeness (QED) is 0.306. The van der Waals surface area contributed by atoms with Crippen molar-refractivity contribution in [3.8, 4) is 11.5 Å². The van der Waals surface area contributed by atoms with Gasteiger partial charge in [0, 0.05) is 13.1 Å². The van der Waals surface area contributed by atoms with Gasteiger partial charge in [0.25, 0.3) is 0 Å². The molecule has 0 saturated heterocycles. The number of ether oxygens (including phenoxy) is 2. The molecule has 2 aromatic carbocycles. The summed E-state index contributed by atoms with van der Waals surface area (Å²) in [5.41, 5.74) is 1.78. The van der Waals surface area contributed by atoms with Gasteiger partial charge >= 0.3 is 0 Å². The van der Waals surface area contributed by atoms with E-state index < -0.39 is 10.0 Å². The van der Waals surface area contributed by atoms with E-state index in [2.05, 4.69) is 15.6 Å². The minimum atomic E-state index is -3.73. The maximum atomic E-state index is 11.5. The number of fused-ring (bicyclic) bond motifs is 1. The number of halogens is 1. The van der Waals surface area contributed by atoms with E-state index in [9.17, 15) is 8.42 Å². The third-order valence-corrected chi connectivity index (χ3v) is 4.80. The van der Waals surface area contributed by atoms with Crippen LogP contribution in [-0.4, -0.2) is 27.7 Å². The normalized spacial score (nSPS) is 13.0. The third kappa shape index (κ3) is 5.97. The molecule has 0 aliphatic carbocycles. The molecule has 0 amide bonds. The van der Waals surface area contributed by atoms with E-state index in [-0.39, 0.29) is 35.7 Å². The molecular formula is C18H23IN4O4S. The van der Waals surface area contributed by atoms with Gasteiger partial charge in [-0.3, -0.25) is 0 Å². The van der Waals surface area contributed by atoms with E-state index in [0.29, 0.717) is 25.6 Å². The van der Waals surface area contributed by atoms with E-state index >= 15 is 0 Å². The van der Waals surface area contributed by atoms with Crippen LogP contribution in [0.4, 0.5) is 0 Å². The van der Waals surface area contributed by atoms with E-state index in [4.69, 9.17) is 14.6 Å². The summed E-state index contributed by atoms with van der Waals surface area (Å²) in [6.45, 7) is 3.79. The lowest BCUT2D eigenvalue weighted by molar-refractivity contribution is 0.174. The highest BCUT2D eigenvalue weighted by molar-refractivity contribution is 14.0. The number of hydrogen-bond acceptors (Lipinski definition) is 5. The molecule has 28 heavy (non-hydrogen) atoms. The fourth-order valence-electron chi connectivity index (χ4n) is 2.57. The second kappa shape index (κ2) is 9.94. The molecular weight excluding hydrogens is 495 g/mol. The number of aliphatic imine (C=N–C) groups is 1. The van der Waals surface area contributed by atoms with Crippen molar-refractivity contribution in [2.24, 2.45) is 10.1 Å². The summed E-state index contributed by atoms with van der Waals surface area (Å²) < 4.78 is 33.6. The van der Waals surface area contributed by atoms with Gasteiger partial charge in [0.05, 0.1) is 11.4 Å². The van der Waals surface area contributed by atoms with Gasteiger partial charge in [-0.05, 0) is 42.3 Å². The van der Waals surface area contributed by atoms with E-state index in [0.717, 1.165) is 22.6 Å². The molecule has 152 valence electrons. The Kier molecular flexibility index (Phi) is 7.89. The average Bonchev–Trinajstić information content (AvgIpc) is 3.11. The Morgan fingerprint density at radius 1 is 1.11 bits per heavy atom. The van der Waals surface area contributed by atoms with E-state index in [1.54, 1.807) is 12.1 Å². The Bertz CT molecular complexity index is 950. The summed E-state index contributed by atoms with van der Waals surface area (Å²) in [6, 6.07) is 12.2. The predicted molar refractivity (Wildman–Crippen MR) is 117 cm³/mol. The van der Waals surface area contributed by atoms with Crippen LogP contribution in [0.2, 0.25) is 0 Å². The maximum Gasteiger partial charge on any atom is 0.238 e. The maximum absolute atomic E-state index is 11.5. The van der Waals surface area contributed by atoms with Crippen LogP contribution in [0.1, 0.15) is 18.1 Å². The van der Waals surface area contributed by atoms with Crippen LogP contribution in [-0.2, 0) is 23.1 Å². The number of nitrogens with one attached hydrogen (secondary N) is 2. The van der Waals surface area contributed by atoms with Gasteiger partial charge in [0.1, 0.15) is 0 Å². The zero-order chi connectivity index (χ0) is 19.3. The smallest absolute Gasteiger partial charge is 0.238 e. The van der Waals surface area contributed by atoms with Crippen molar-refractivity contribution in [3.05, 3.63) is 53.6 Å². The molecule has 2 aromatic rings. The lowest BCUT2D eigenvalue weighted by atomic mass is 10.2. The molecule has 0 atom stereocenters. The van der Waals surface area contributed by atoms with Crippen LogP contribution in [0.15, 0.2) is 52.4 Å². The van der Waals surface area contributed by atoms with Gasteiger partial charge < -0.3 is 20.1 Å². The van der Waals surface area contributed by atoms with E-state index in [1.807, 2.05) is 25.1 Å². The molecule has 4 N–H and O–H groups in total. The largest absolute Gasteiger partial charge is 0.454 e. The van der Waals surface area contributed by atoms with Gasteiger partial charge in [-0.25, -0.2) is 18.5 Å². The first-order valence-corrected chi connectivity index (χ1v) is 10.0. The lowest BCUT2D eigenvalue weighted by Gasteiger charge is -2.12. The molecule has 0 unspecified atom stereocenters. The zero-order valence-corrected chi connectivity index (χ0v) is 18.5. The van der Waals surface area contributed by atoms with Crippen LogP contribution < -0.4 is 25.2 Å². The van der Waals surface area contributed by atoms with Crippen molar-refractivity contribution in [1.82, 2.24) is 10.6 Å². The minimum Gasteiger partial charge on any atom is -0.454 e. The third-order valence-electron chi connectivity index (χ3n) is 3.89. The topological polar surface area (TPSA) is 115 Å². The summed E-state index contributed by atoms with van der Waals surface area (Å²) in [7, 11) is -3.73. The SMILES string of the molecule is CCNC(=NCc1cccc(S(N)(=O)=O)c1)NCc1ccc2c(c1)OCO2.I. The Hall–Kier alpha value is -2.05. The van der Waals surface area contributed by atoms with Gasteiger partial charge in [-0.1, -0.05) is 18.2 Å². The van der Waals surface area contributed by atoms with Crippen molar-refractivity contribution in [3.63, 3.8) is 0 Å². The molecule has 0 saturated carbocycles. The Morgan fingerprint density at radius 3 is 2.64 bits per heavy atom. The molecule has 10 heteroatoms. The van der Waals surface area contributed by atoms with Crippen molar-refractivity contribution >= 4 is 40.0 Å². The summed E-state index contributed by atoms with van der Waals surface area (Å²) in [6.07, 6.45) is 0. The van der Waals surface area contributed by atoms with Crippen molar-refractivity contribution in [2.75, 3.05) is 13.3 Å². The number of nitrogens with zero attached hydrogens (tertiary/aromatic N) is 1. The second-order valence-corrected chi connectivity index (χ2v) is 7.49. The summed E-state index contributed by atoms with van der Waals surface area (Å²) in [5, 5.41) is 11.6. The highest BCUT2D eigenvalue weighted by atomic mass is 127. The number of guanidine groups is 1. The number of rotatable bonds is 6. The first-order valence-electron chi connectivity index (χ1n) is 8.48. The molecule has 0 fully saturated rings. The standard InChI is InChI=1S/C18H22N4O4S.HI/c1-2-20-18(21-10-13-4-3-5-15(8-13)27(19,23)24)22-11-14-6-7-16-17(9-14)26-12-25-16;/h3-9H,2,10-12H2,1H3,(H2,19,23,24)(H2,20,21,22);1H. The molecule has 1 aliphatic heterocycles. The summed E-state index contributed by atoms with van der Waals surface area (Å²) in [4.78, 5) is 4.57. The molecule has 0 radical (unpaired) electrons. The van der Waals surface area contributed by atoms with Crippen LogP contribution >= 0.6 is 24.0 Å². The Labute approximate surface area is 181 Å². The average molecular weight is 518 g/mol.